The van der Waals surface area contributed by atoms with Crippen LogP contribution in [0, 0.1) is 11.6 Å². The van der Waals surface area contributed by atoms with E-state index in [1.807, 2.05) is 0 Å². The molecule has 0 saturated heterocycles. The van der Waals surface area contributed by atoms with Crippen molar-refractivity contribution < 1.29 is 13.5 Å². The third kappa shape index (κ3) is 1.81. The maximum Gasteiger partial charge on any atom is 0.168 e. The van der Waals surface area contributed by atoms with Gasteiger partial charge in [0, 0.05) is 11.6 Å². The van der Waals surface area contributed by atoms with Crippen molar-refractivity contribution in [3.8, 4) is 5.75 Å². The molecule has 0 saturated carbocycles. The molecule has 0 spiro atoms. The number of nitrogens with two attached hydrogens (primary N) is 1. The molecule has 82 valence electrons. The van der Waals surface area contributed by atoms with Gasteiger partial charge >= 0.3 is 0 Å². The fourth-order valence-electron chi connectivity index (χ4n) is 1.95. The summed E-state index contributed by atoms with van der Waals surface area (Å²) in [5.74, 6) is -0.906. The van der Waals surface area contributed by atoms with Gasteiger partial charge in [0.15, 0.2) is 11.6 Å². The van der Waals surface area contributed by atoms with E-state index < -0.39 is 11.6 Å². The van der Waals surface area contributed by atoms with Crippen LogP contribution in [0.15, 0.2) is 6.07 Å². The monoisotopic (exact) mass is 213 g/mol. The van der Waals surface area contributed by atoms with E-state index in [2.05, 4.69) is 0 Å². The van der Waals surface area contributed by atoms with Gasteiger partial charge in [0.25, 0.3) is 0 Å². The van der Waals surface area contributed by atoms with E-state index >= 15 is 0 Å². The third-order valence-electron chi connectivity index (χ3n) is 2.61. The molecule has 0 aromatic heterocycles. The molecule has 0 unspecified atom stereocenters. The van der Waals surface area contributed by atoms with Crippen molar-refractivity contribution in [2.45, 2.75) is 19.3 Å². The van der Waals surface area contributed by atoms with Crippen LogP contribution in [0.25, 0.3) is 0 Å². The van der Waals surface area contributed by atoms with Crippen LogP contribution in [-0.4, -0.2) is 13.2 Å². The van der Waals surface area contributed by atoms with Crippen molar-refractivity contribution in [2.24, 2.45) is 5.73 Å². The second-order valence-electron chi connectivity index (χ2n) is 3.62. The molecule has 1 heterocycles. The maximum atomic E-state index is 13.5. The van der Waals surface area contributed by atoms with Crippen molar-refractivity contribution in [2.75, 3.05) is 13.2 Å². The number of benzene rings is 1. The normalized spacial score (nSPS) is 14.6. The number of fused-ring (bicyclic) bond motifs is 1. The number of halogens is 2. The van der Waals surface area contributed by atoms with Gasteiger partial charge < -0.3 is 10.5 Å². The van der Waals surface area contributed by atoms with E-state index in [4.69, 9.17) is 10.5 Å². The Balaban J connectivity index is 2.53. The lowest BCUT2D eigenvalue weighted by atomic mass is 9.97. The van der Waals surface area contributed by atoms with Crippen LogP contribution in [0.3, 0.4) is 0 Å². The lowest BCUT2D eigenvalue weighted by Gasteiger charge is -2.21. The van der Waals surface area contributed by atoms with E-state index in [-0.39, 0.29) is 5.75 Å². The minimum Gasteiger partial charge on any atom is -0.490 e. The Hall–Kier alpha value is -1.16. The fourth-order valence-corrected chi connectivity index (χ4v) is 1.95. The zero-order valence-corrected chi connectivity index (χ0v) is 8.35. The van der Waals surface area contributed by atoms with Crippen molar-refractivity contribution in [3.05, 3.63) is 28.8 Å². The highest BCUT2D eigenvalue weighted by Crippen LogP contribution is 2.32. The first kappa shape index (κ1) is 10.4. The Kier molecular flexibility index (Phi) is 2.86. The highest BCUT2D eigenvalue weighted by Gasteiger charge is 2.21. The zero-order chi connectivity index (χ0) is 10.8. The standard InChI is InChI=1S/C11H13F2NO/c12-9-6-10(13)11-8(2-1-5-15-11)7(9)3-4-14/h6H,1-5,14H2. The van der Waals surface area contributed by atoms with Crippen LogP contribution < -0.4 is 10.5 Å². The van der Waals surface area contributed by atoms with Crippen molar-refractivity contribution >= 4 is 0 Å². The molecule has 0 bridgehead atoms. The topological polar surface area (TPSA) is 35.2 Å². The Bertz CT molecular complexity index is 379. The molecular formula is C11H13F2NO. The molecule has 2 N–H and O–H groups in total. The highest BCUT2D eigenvalue weighted by atomic mass is 19.1. The summed E-state index contributed by atoms with van der Waals surface area (Å²) in [4.78, 5) is 0. The first-order valence-electron chi connectivity index (χ1n) is 5.06. The molecule has 1 aliphatic heterocycles. The number of rotatable bonds is 2. The lowest BCUT2D eigenvalue weighted by molar-refractivity contribution is 0.270. The predicted octanol–water partition coefficient (Wildman–Crippen LogP) is 1.79. The highest BCUT2D eigenvalue weighted by molar-refractivity contribution is 5.43. The molecule has 2 rings (SSSR count). The molecule has 1 aromatic carbocycles. The van der Waals surface area contributed by atoms with Gasteiger partial charge in [-0.15, -0.1) is 0 Å². The number of hydrogen-bond acceptors (Lipinski definition) is 2. The molecule has 0 aliphatic carbocycles. The minimum atomic E-state index is -0.608. The van der Waals surface area contributed by atoms with Gasteiger partial charge in [-0.25, -0.2) is 8.78 Å². The zero-order valence-electron chi connectivity index (χ0n) is 8.35. The molecule has 15 heavy (non-hydrogen) atoms. The van der Waals surface area contributed by atoms with Gasteiger partial charge in [-0.3, -0.25) is 0 Å². The second-order valence-corrected chi connectivity index (χ2v) is 3.62. The van der Waals surface area contributed by atoms with Crippen molar-refractivity contribution in [3.63, 3.8) is 0 Å². The van der Waals surface area contributed by atoms with E-state index in [1.165, 1.54) is 0 Å². The average Bonchev–Trinajstić information content (AvgIpc) is 2.24. The molecule has 0 amide bonds. The Morgan fingerprint density at radius 1 is 1.33 bits per heavy atom. The maximum absolute atomic E-state index is 13.5. The predicted molar refractivity (Wildman–Crippen MR) is 52.9 cm³/mol. The molecule has 0 fully saturated rings. The summed E-state index contributed by atoms with van der Waals surface area (Å²) in [5.41, 5.74) is 6.56. The summed E-state index contributed by atoms with van der Waals surface area (Å²) < 4.78 is 32.0. The van der Waals surface area contributed by atoms with Crippen LogP contribution in [0.2, 0.25) is 0 Å². The Labute approximate surface area is 87.0 Å². The first-order chi connectivity index (χ1) is 7.24. The van der Waals surface area contributed by atoms with Crippen LogP contribution in [0.1, 0.15) is 17.5 Å². The Morgan fingerprint density at radius 3 is 2.87 bits per heavy atom. The molecule has 0 radical (unpaired) electrons. The van der Waals surface area contributed by atoms with E-state index in [0.717, 1.165) is 12.5 Å². The fraction of sp³-hybridized carbons (Fsp3) is 0.455. The average molecular weight is 213 g/mol. The van der Waals surface area contributed by atoms with Crippen LogP contribution in [-0.2, 0) is 12.8 Å². The quantitative estimate of drug-likeness (QED) is 0.812. The molecule has 1 aromatic rings. The first-order valence-corrected chi connectivity index (χ1v) is 5.06. The SMILES string of the molecule is NCCc1c(F)cc(F)c2c1CCCO2. The smallest absolute Gasteiger partial charge is 0.168 e. The van der Waals surface area contributed by atoms with Crippen LogP contribution in [0.4, 0.5) is 8.78 Å². The molecule has 4 heteroatoms. The van der Waals surface area contributed by atoms with E-state index in [0.29, 0.717) is 37.1 Å². The van der Waals surface area contributed by atoms with Gasteiger partial charge in [-0.2, -0.15) is 0 Å². The van der Waals surface area contributed by atoms with Gasteiger partial charge in [-0.05, 0) is 31.4 Å². The van der Waals surface area contributed by atoms with Gasteiger partial charge in [0.05, 0.1) is 6.61 Å². The molecular weight excluding hydrogens is 200 g/mol. The van der Waals surface area contributed by atoms with Crippen LogP contribution in [0.5, 0.6) is 5.75 Å². The largest absolute Gasteiger partial charge is 0.490 e. The summed E-state index contributed by atoms with van der Waals surface area (Å²) in [7, 11) is 0. The summed E-state index contributed by atoms with van der Waals surface area (Å²) in [6, 6.07) is 0.884. The summed E-state index contributed by atoms with van der Waals surface area (Å²) in [6.45, 7) is 0.854. The third-order valence-corrected chi connectivity index (χ3v) is 2.61. The minimum absolute atomic E-state index is 0.214. The van der Waals surface area contributed by atoms with E-state index in [1.54, 1.807) is 0 Å². The van der Waals surface area contributed by atoms with Gasteiger partial charge in [0.2, 0.25) is 0 Å². The number of ether oxygens (including phenoxy) is 1. The Morgan fingerprint density at radius 2 is 2.13 bits per heavy atom. The summed E-state index contributed by atoms with van der Waals surface area (Å²) >= 11 is 0. The second kappa shape index (κ2) is 4.14. The van der Waals surface area contributed by atoms with E-state index in [9.17, 15) is 8.78 Å². The molecule has 1 aliphatic rings. The van der Waals surface area contributed by atoms with Crippen molar-refractivity contribution in [1.29, 1.82) is 0 Å². The summed E-state index contributed by atoms with van der Waals surface area (Å²) in [5, 5.41) is 0. The van der Waals surface area contributed by atoms with Gasteiger partial charge in [0.1, 0.15) is 5.82 Å². The van der Waals surface area contributed by atoms with Crippen molar-refractivity contribution in [1.82, 2.24) is 0 Å². The van der Waals surface area contributed by atoms with Crippen LogP contribution >= 0.6 is 0 Å². The molecule has 2 nitrogen and oxygen atoms in total. The summed E-state index contributed by atoms with van der Waals surface area (Å²) in [6.07, 6.45) is 1.89. The number of hydrogen-bond donors (Lipinski definition) is 1. The lowest BCUT2D eigenvalue weighted by Crippen LogP contribution is -2.15. The van der Waals surface area contributed by atoms with Gasteiger partial charge in [-0.1, -0.05) is 0 Å². The molecule has 0 atom stereocenters.